The summed E-state index contributed by atoms with van der Waals surface area (Å²) in [6.07, 6.45) is 8.80. The Balaban J connectivity index is 0.882. The second-order valence-corrected chi connectivity index (χ2v) is 14.4. The molecule has 2 bridgehead atoms. The summed E-state index contributed by atoms with van der Waals surface area (Å²) in [5.74, 6) is 1.20. The molecule has 0 spiro atoms. The number of phenolic OH excluding ortho intramolecular Hbond substituents is 1. The number of pyridine rings is 1. The number of nitrogens with one attached hydrogen (secondary N) is 2. The van der Waals surface area contributed by atoms with Crippen LogP contribution in [0, 0.1) is 12.8 Å². The van der Waals surface area contributed by atoms with E-state index in [1.807, 2.05) is 36.4 Å². The van der Waals surface area contributed by atoms with Gasteiger partial charge in [-0.25, -0.2) is 4.79 Å². The molecule has 0 unspecified atom stereocenters. The number of amides is 1. The van der Waals surface area contributed by atoms with Crippen LogP contribution < -0.4 is 20.5 Å². The number of aryl methyl sites for hydroxylation is 1. The number of carbonyl (C=O) groups is 1. The van der Waals surface area contributed by atoms with Crippen LogP contribution in [0.2, 0.25) is 0 Å². The normalized spacial score (nSPS) is 18.7. The number of nitrogens with zero attached hydrogens (tertiary/aromatic N) is 2. The average Bonchev–Trinajstić information content (AvgIpc) is 3.15. The van der Waals surface area contributed by atoms with Crippen molar-refractivity contribution >= 4 is 22.7 Å². The van der Waals surface area contributed by atoms with Crippen LogP contribution in [-0.2, 0) is 11.3 Å². The van der Waals surface area contributed by atoms with Crippen LogP contribution in [0.1, 0.15) is 80.6 Å². The molecule has 0 aliphatic carbocycles. The highest BCUT2D eigenvalue weighted by Crippen LogP contribution is 2.32. The number of unbranched alkanes of at least 4 members (excludes halogenated alkanes) is 6. The molecule has 1 amide bonds. The Morgan fingerprint density at radius 1 is 0.962 bits per heavy atom. The molecule has 3 aliphatic rings. The first kappa shape index (κ1) is 37.4. The lowest BCUT2D eigenvalue weighted by Crippen LogP contribution is -2.53. The molecule has 52 heavy (non-hydrogen) atoms. The Labute approximate surface area is 306 Å². The second kappa shape index (κ2) is 18.4. The topological polar surface area (TPSA) is 127 Å². The van der Waals surface area contributed by atoms with E-state index in [9.17, 15) is 19.8 Å². The molecule has 2 atom stereocenters. The van der Waals surface area contributed by atoms with Gasteiger partial charge in [-0.15, -0.1) is 0 Å². The van der Waals surface area contributed by atoms with Crippen molar-refractivity contribution in [2.24, 2.45) is 5.92 Å². The maximum atomic E-state index is 13.7. The van der Waals surface area contributed by atoms with E-state index in [0.29, 0.717) is 42.1 Å². The summed E-state index contributed by atoms with van der Waals surface area (Å²) in [6, 6.07) is 22.2. The van der Waals surface area contributed by atoms with Gasteiger partial charge < -0.3 is 30.0 Å². The number of hydrogen-bond acceptors (Lipinski definition) is 8. The van der Waals surface area contributed by atoms with Crippen LogP contribution >= 0.6 is 0 Å². The number of aromatic nitrogens is 1. The number of rotatable bonds is 18. The molecule has 10 nitrogen and oxygen atoms in total. The van der Waals surface area contributed by atoms with Crippen molar-refractivity contribution < 1.29 is 24.5 Å². The summed E-state index contributed by atoms with van der Waals surface area (Å²) < 4.78 is 12.3. The van der Waals surface area contributed by atoms with Gasteiger partial charge in [-0.3, -0.25) is 14.6 Å². The van der Waals surface area contributed by atoms with Gasteiger partial charge in [0.2, 0.25) is 5.56 Å². The number of aliphatic hydroxyl groups is 1. The summed E-state index contributed by atoms with van der Waals surface area (Å²) in [4.78, 5) is 32.2. The van der Waals surface area contributed by atoms with E-state index in [2.05, 4.69) is 34.3 Å². The van der Waals surface area contributed by atoms with E-state index in [1.54, 1.807) is 17.0 Å². The highest BCUT2D eigenvalue weighted by molar-refractivity contribution is 5.88. The molecule has 4 heterocycles. The molecule has 3 aromatic carbocycles. The molecular weight excluding hydrogens is 656 g/mol. The molecule has 4 aromatic rings. The standard InChI is InChI=1S/C42H54N4O6/c1-30-12-7-8-13-32(30)28-46(42(50)52-39-29-45-23-20-31(39)21-24-45)33-14-11-15-34(26-33)51-25-10-6-4-2-3-5-9-22-43-27-38(48)35-16-18-37(47)41-36(35)17-19-40(49)44-41/h7-8,11-19,26,31,38-39,43,47-48H,2-6,9-10,20-25,27-29H2,1H3,(H,44,49)/t38-,39-/m0/s1. The first-order valence-electron chi connectivity index (χ1n) is 19.1. The van der Waals surface area contributed by atoms with Crippen molar-refractivity contribution in [3.05, 3.63) is 99.8 Å². The van der Waals surface area contributed by atoms with Gasteiger partial charge in [-0.1, -0.05) is 68.5 Å². The van der Waals surface area contributed by atoms with Crippen LogP contribution in [0.25, 0.3) is 10.9 Å². The van der Waals surface area contributed by atoms with Gasteiger partial charge >= 0.3 is 6.09 Å². The number of hydrogen-bond donors (Lipinski definition) is 4. The summed E-state index contributed by atoms with van der Waals surface area (Å²) >= 11 is 0. The van der Waals surface area contributed by atoms with E-state index in [0.717, 1.165) is 100 Å². The molecular formula is C42H54N4O6. The number of benzene rings is 3. The van der Waals surface area contributed by atoms with Gasteiger partial charge in [0.1, 0.15) is 17.6 Å². The Hall–Kier alpha value is -4.38. The molecule has 7 rings (SSSR count). The molecule has 10 heteroatoms. The SMILES string of the molecule is Cc1ccccc1CN(C(=O)O[C@H]1CN2CCC1CC2)c1cccc(OCCCCCCCCCNC[C@H](O)c2ccc(O)c3[nH]c(=O)ccc23)c1. The zero-order chi connectivity index (χ0) is 36.3. The molecule has 4 N–H and O–H groups in total. The van der Waals surface area contributed by atoms with Crippen LogP contribution in [0.5, 0.6) is 11.5 Å². The van der Waals surface area contributed by atoms with E-state index in [-0.39, 0.29) is 23.5 Å². The minimum Gasteiger partial charge on any atom is -0.506 e. The van der Waals surface area contributed by atoms with Gasteiger partial charge in [-0.2, -0.15) is 0 Å². The number of anilines is 1. The average molecular weight is 711 g/mol. The predicted octanol–water partition coefficient (Wildman–Crippen LogP) is 7.21. The number of H-pyrrole nitrogens is 1. The number of aromatic amines is 1. The van der Waals surface area contributed by atoms with E-state index in [4.69, 9.17) is 9.47 Å². The second-order valence-electron chi connectivity index (χ2n) is 14.4. The number of phenols is 1. The highest BCUT2D eigenvalue weighted by Gasteiger charge is 2.37. The number of piperidine rings is 3. The van der Waals surface area contributed by atoms with Crippen LogP contribution in [0.3, 0.4) is 0 Å². The Kier molecular flexibility index (Phi) is 13.2. The number of carbonyl (C=O) groups excluding carboxylic acids is 1. The third-order valence-electron chi connectivity index (χ3n) is 10.7. The maximum absolute atomic E-state index is 13.7. The molecule has 3 fully saturated rings. The van der Waals surface area contributed by atoms with E-state index >= 15 is 0 Å². The molecule has 0 radical (unpaired) electrons. The number of aromatic hydroxyl groups is 1. The minimum absolute atomic E-state index is 0.00903. The molecule has 3 aliphatic heterocycles. The van der Waals surface area contributed by atoms with Gasteiger partial charge in [0, 0.05) is 30.6 Å². The highest BCUT2D eigenvalue weighted by atomic mass is 16.6. The van der Waals surface area contributed by atoms with Crippen molar-refractivity contribution in [3.63, 3.8) is 0 Å². The first-order chi connectivity index (χ1) is 25.4. The monoisotopic (exact) mass is 710 g/mol. The summed E-state index contributed by atoms with van der Waals surface area (Å²) in [5.41, 5.74) is 3.74. The number of fused-ring (bicyclic) bond motifs is 4. The van der Waals surface area contributed by atoms with Crippen molar-refractivity contribution in [1.29, 1.82) is 0 Å². The Morgan fingerprint density at radius 3 is 2.50 bits per heavy atom. The van der Waals surface area contributed by atoms with E-state index < -0.39 is 6.10 Å². The first-order valence-corrected chi connectivity index (χ1v) is 19.1. The van der Waals surface area contributed by atoms with Gasteiger partial charge in [0.15, 0.2) is 0 Å². The summed E-state index contributed by atoms with van der Waals surface area (Å²) in [7, 11) is 0. The quantitative estimate of drug-likeness (QED) is 0.0799. The number of ether oxygens (including phenoxy) is 2. The summed E-state index contributed by atoms with van der Waals surface area (Å²) in [6.45, 7) is 7.39. The Morgan fingerprint density at radius 2 is 1.73 bits per heavy atom. The lowest BCUT2D eigenvalue weighted by Gasteiger charge is -2.44. The van der Waals surface area contributed by atoms with Gasteiger partial charge in [0.05, 0.1) is 30.5 Å². The predicted molar refractivity (Wildman–Crippen MR) is 205 cm³/mol. The third-order valence-corrected chi connectivity index (χ3v) is 10.7. The van der Waals surface area contributed by atoms with Crippen LogP contribution in [0.15, 0.2) is 77.6 Å². The fraction of sp³-hybridized carbons (Fsp3) is 0.476. The third kappa shape index (κ3) is 9.93. The van der Waals surface area contributed by atoms with Crippen LogP contribution in [-0.4, -0.2) is 71.6 Å². The molecule has 0 saturated carbocycles. The van der Waals surface area contributed by atoms with Crippen LogP contribution in [0.4, 0.5) is 10.5 Å². The fourth-order valence-corrected chi connectivity index (χ4v) is 7.52. The van der Waals surface area contributed by atoms with Gasteiger partial charge in [0.25, 0.3) is 0 Å². The largest absolute Gasteiger partial charge is 0.506 e. The van der Waals surface area contributed by atoms with Crippen molar-refractivity contribution in [2.75, 3.05) is 44.2 Å². The summed E-state index contributed by atoms with van der Waals surface area (Å²) in [5, 5.41) is 24.8. The molecule has 1 aromatic heterocycles. The maximum Gasteiger partial charge on any atom is 0.414 e. The van der Waals surface area contributed by atoms with Crippen molar-refractivity contribution in [3.8, 4) is 11.5 Å². The minimum atomic E-state index is -0.743. The zero-order valence-electron chi connectivity index (χ0n) is 30.4. The lowest BCUT2D eigenvalue weighted by molar-refractivity contribution is -0.0311. The smallest absolute Gasteiger partial charge is 0.414 e. The van der Waals surface area contributed by atoms with Crippen molar-refractivity contribution in [2.45, 2.75) is 83.5 Å². The molecule has 278 valence electrons. The Bertz CT molecular complexity index is 1820. The molecule has 3 saturated heterocycles. The van der Waals surface area contributed by atoms with E-state index in [1.165, 1.54) is 18.6 Å². The van der Waals surface area contributed by atoms with Gasteiger partial charge in [-0.05, 0) is 99.1 Å². The zero-order valence-corrected chi connectivity index (χ0v) is 30.4. The number of aliphatic hydroxyl groups excluding tert-OH is 1. The fourth-order valence-electron chi connectivity index (χ4n) is 7.52. The van der Waals surface area contributed by atoms with Crippen molar-refractivity contribution in [1.82, 2.24) is 15.2 Å². The lowest BCUT2D eigenvalue weighted by atomic mass is 9.86.